The van der Waals surface area contributed by atoms with E-state index in [1.807, 2.05) is 51.1 Å². The quantitative estimate of drug-likeness (QED) is 0.622. The number of carbonyl (C=O) groups excluding carboxylic acids is 2. The van der Waals surface area contributed by atoms with Gasteiger partial charge < -0.3 is 10.2 Å². The number of aryl methyl sites for hydroxylation is 1. The van der Waals surface area contributed by atoms with E-state index in [4.69, 9.17) is 23.2 Å². The third-order valence-electron chi connectivity index (χ3n) is 4.94. The summed E-state index contributed by atoms with van der Waals surface area (Å²) >= 11 is 12.2. The van der Waals surface area contributed by atoms with Crippen LogP contribution in [0.25, 0.3) is 0 Å². The Morgan fingerprint density at radius 3 is 2.38 bits per heavy atom. The molecule has 2 amide bonds. The van der Waals surface area contributed by atoms with Crippen LogP contribution in [0.5, 0.6) is 0 Å². The normalized spacial score (nSPS) is 12.9. The van der Waals surface area contributed by atoms with Crippen LogP contribution >= 0.6 is 23.2 Å². The van der Waals surface area contributed by atoms with Crippen LogP contribution in [0, 0.1) is 6.92 Å². The summed E-state index contributed by atoms with van der Waals surface area (Å²) in [5.41, 5.74) is 2.83. The zero-order chi connectivity index (χ0) is 21.6. The molecule has 0 radical (unpaired) electrons. The van der Waals surface area contributed by atoms with E-state index in [0.717, 1.165) is 23.1 Å². The zero-order valence-corrected chi connectivity index (χ0v) is 18.8. The van der Waals surface area contributed by atoms with E-state index in [2.05, 4.69) is 5.32 Å². The molecular formula is C23H28Cl2N2O2. The predicted molar refractivity (Wildman–Crippen MR) is 119 cm³/mol. The lowest BCUT2D eigenvalue weighted by Crippen LogP contribution is -2.49. The monoisotopic (exact) mass is 434 g/mol. The Morgan fingerprint density at radius 2 is 1.76 bits per heavy atom. The van der Waals surface area contributed by atoms with E-state index in [1.54, 1.807) is 24.0 Å². The summed E-state index contributed by atoms with van der Waals surface area (Å²) in [6.45, 7) is 7.97. The van der Waals surface area contributed by atoms with Crippen molar-refractivity contribution in [1.29, 1.82) is 0 Å². The van der Waals surface area contributed by atoms with Gasteiger partial charge in [-0.05, 0) is 50.5 Å². The average Bonchev–Trinajstić information content (AvgIpc) is 2.68. The standard InChI is InChI=1S/C23H28Cl2N2O2/c1-5-16(3)26-23(29)17(4)27(14-19-9-10-20(24)21(25)12-19)22(28)13-18-8-6-7-15(2)11-18/h6-12,16-17H,5,13-14H2,1-4H3,(H,26,29)/t16-,17-/m1/s1. The minimum absolute atomic E-state index is 0.0450. The molecule has 4 nitrogen and oxygen atoms in total. The van der Waals surface area contributed by atoms with Crippen molar-refractivity contribution >= 4 is 35.0 Å². The van der Waals surface area contributed by atoms with Crippen LogP contribution in [0.3, 0.4) is 0 Å². The number of carbonyl (C=O) groups is 2. The number of hydrogen-bond acceptors (Lipinski definition) is 2. The van der Waals surface area contributed by atoms with E-state index in [1.165, 1.54) is 0 Å². The molecule has 0 aliphatic rings. The van der Waals surface area contributed by atoms with Crippen LogP contribution < -0.4 is 5.32 Å². The van der Waals surface area contributed by atoms with Gasteiger partial charge in [0.15, 0.2) is 0 Å². The van der Waals surface area contributed by atoms with Crippen LogP contribution in [-0.2, 0) is 22.6 Å². The molecule has 1 N–H and O–H groups in total. The van der Waals surface area contributed by atoms with Gasteiger partial charge in [-0.15, -0.1) is 0 Å². The maximum absolute atomic E-state index is 13.2. The van der Waals surface area contributed by atoms with Gasteiger partial charge in [0, 0.05) is 12.6 Å². The summed E-state index contributed by atoms with van der Waals surface area (Å²) in [5, 5.41) is 3.84. The maximum atomic E-state index is 13.2. The van der Waals surface area contributed by atoms with E-state index in [-0.39, 0.29) is 30.8 Å². The van der Waals surface area contributed by atoms with Gasteiger partial charge in [-0.3, -0.25) is 9.59 Å². The summed E-state index contributed by atoms with van der Waals surface area (Å²) in [7, 11) is 0. The van der Waals surface area contributed by atoms with Crippen LogP contribution in [-0.4, -0.2) is 28.8 Å². The van der Waals surface area contributed by atoms with Crippen molar-refractivity contribution in [3.63, 3.8) is 0 Å². The Kier molecular flexibility index (Phi) is 8.54. The molecule has 2 aromatic rings. The number of nitrogens with one attached hydrogen (secondary N) is 1. The average molecular weight is 435 g/mol. The fraction of sp³-hybridized carbons (Fsp3) is 0.391. The molecule has 2 atom stereocenters. The summed E-state index contributed by atoms with van der Waals surface area (Å²) in [5.74, 6) is -0.287. The molecule has 2 aromatic carbocycles. The highest BCUT2D eigenvalue weighted by Crippen LogP contribution is 2.24. The molecule has 2 rings (SSSR count). The first-order valence-corrected chi connectivity index (χ1v) is 10.6. The Labute approximate surface area is 183 Å². The number of hydrogen-bond donors (Lipinski definition) is 1. The van der Waals surface area contributed by atoms with Crippen molar-refractivity contribution in [2.24, 2.45) is 0 Å². The third-order valence-corrected chi connectivity index (χ3v) is 5.68. The first-order valence-electron chi connectivity index (χ1n) is 9.80. The van der Waals surface area contributed by atoms with Crippen LogP contribution in [0.2, 0.25) is 10.0 Å². The zero-order valence-electron chi connectivity index (χ0n) is 17.3. The lowest BCUT2D eigenvalue weighted by Gasteiger charge is -2.30. The molecule has 6 heteroatoms. The number of rotatable bonds is 8. The summed E-state index contributed by atoms with van der Waals surface area (Å²) in [6, 6.07) is 12.5. The maximum Gasteiger partial charge on any atom is 0.242 e. The molecule has 0 fully saturated rings. The molecule has 0 aliphatic carbocycles. The molecular weight excluding hydrogens is 407 g/mol. The number of amides is 2. The fourth-order valence-corrected chi connectivity index (χ4v) is 3.30. The Hall–Kier alpha value is -2.04. The van der Waals surface area contributed by atoms with Crippen LogP contribution in [0.15, 0.2) is 42.5 Å². The number of halogens is 2. The minimum atomic E-state index is -0.615. The highest BCUT2D eigenvalue weighted by atomic mass is 35.5. The van der Waals surface area contributed by atoms with Crippen molar-refractivity contribution in [2.45, 2.75) is 59.2 Å². The number of nitrogens with zero attached hydrogens (tertiary/aromatic N) is 1. The third kappa shape index (κ3) is 6.76. The van der Waals surface area contributed by atoms with Gasteiger partial charge in [0.1, 0.15) is 6.04 Å². The van der Waals surface area contributed by atoms with Crippen molar-refractivity contribution < 1.29 is 9.59 Å². The Balaban J connectivity index is 2.26. The molecule has 0 bridgehead atoms. The second-order valence-corrected chi connectivity index (χ2v) is 8.24. The van der Waals surface area contributed by atoms with E-state index >= 15 is 0 Å². The van der Waals surface area contributed by atoms with Gasteiger partial charge in [0.05, 0.1) is 16.5 Å². The molecule has 156 valence electrons. The second kappa shape index (κ2) is 10.7. The van der Waals surface area contributed by atoms with Gasteiger partial charge in [-0.25, -0.2) is 0 Å². The first-order chi connectivity index (χ1) is 13.7. The SMILES string of the molecule is CC[C@@H](C)NC(=O)[C@@H](C)N(Cc1ccc(Cl)c(Cl)c1)C(=O)Cc1cccc(C)c1. The Morgan fingerprint density at radius 1 is 1.03 bits per heavy atom. The van der Waals surface area contributed by atoms with E-state index < -0.39 is 6.04 Å². The lowest BCUT2D eigenvalue weighted by atomic mass is 10.1. The fourth-order valence-electron chi connectivity index (χ4n) is 2.98. The molecule has 0 saturated heterocycles. The smallest absolute Gasteiger partial charge is 0.242 e. The van der Waals surface area contributed by atoms with Crippen molar-refractivity contribution in [3.05, 3.63) is 69.2 Å². The number of benzene rings is 2. The summed E-state index contributed by atoms with van der Waals surface area (Å²) in [4.78, 5) is 27.5. The topological polar surface area (TPSA) is 49.4 Å². The van der Waals surface area contributed by atoms with Crippen LogP contribution in [0.1, 0.15) is 43.9 Å². The Bertz CT molecular complexity index is 870. The van der Waals surface area contributed by atoms with Crippen molar-refractivity contribution in [3.8, 4) is 0 Å². The highest BCUT2D eigenvalue weighted by Gasteiger charge is 2.27. The van der Waals surface area contributed by atoms with Crippen LogP contribution in [0.4, 0.5) is 0 Å². The molecule has 0 aliphatic heterocycles. The second-order valence-electron chi connectivity index (χ2n) is 7.43. The lowest BCUT2D eigenvalue weighted by molar-refractivity contribution is -0.140. The van der Waals surface area contributed by atoms with Gasteiger partial charge >= 0.3 is 0 Å². The van der Waals surface area contributed by atoms with Crippen molar-refractivity contribution in [2.75, 3.05) is 0 Å². The molecule has 29 heavy (non-hydrogen) atoms. The molecule has 0 saturated carbocycles. The van der Waals surface area contributed by atoms with Crippen molar-refractivity contribution in [1.82, 2.24) is 10.2 Å². The van der Waals surface area contributed by atoms with Gasteiger partial charge in [-0.2, -0.15) is 0 Å². The molecule has 0 aromatic heterocycles. The summed E-state index contributed by atoms with van der Waals surface area (Å²) < 4.78 is 0. The largest absolute Gasteiger partial charge is 0.352 e. The van der Waals surface area contributed by atoms with E-state index in [9.17, 15) is 9.59 Å². The van der Waals surface area contributed by atoms with E-state index in [0.29, 0.717) is 10.0 Å². The van der Waals surface area contributed by atoms with Gasteiger partial charge in [0.25, 0.3) is 0 Å². The molecule has 0 unspecified atom stereocenters. The molecule has 0 spiro atoms. The van der Waals surface area contributed by atoms with Gasteiger partial charge in [-0.1, -0.05) is 66.0 Å². The molecule has 0 heterocycles. The first kappa shape index (κ1) is 23.2. The predicted octanol–water partition coefficient (Wildman–Crippen LogP) is 5.18. The minimum Gasteiger partial charge on any atom is -0.352 e. The highest BCUT2D eigenvalue weighted by molar-refractivity contribution is 6.42. The van der Waals surface area contributed by atoms with Gasteiger partial charge in [0.2, 0.25) is 11.8 Å². The summed E-state index contributed by atoms with van der Waals surface area (Å²) in [6.07, 6.45) is 1.05.